The molecule has 1 atom stereocenters. The second-order valence-corrected chi connectivity index (χ2v) is 5.91. The topological polar surface area (TPSA) is 42.4 Å². The van der Waals surface area contributed by atoms with Crippen LogP contribution in [-0.4, -0.2) is 41.6 Å². The van der Waals surface area contributed by atoms with Gasteiger partial charge in [-0.25, -0.2) is 4.98 Å². The van der Waals surface area contributed by atoms with Crippen molar-refractivity contribution < 1.29 is 9.53 Å². The van der Waals surface area contributed by atoms with Gasteiger partial charge >= 0.3 is 0 Å². The summed E-state index contributed by atoms with van der Waals surface area (Å²) in [6, 6.07) is 0.175. The molecule has 0 N–H and O–H groups in total. The maximum atomic E-state index is 12.2. The minimum absolute atomic E-state index is 0.159. The fraction of sp³-hybridized carbons (Fsp3) is 0.692. The summed E-state index contributed by atoms with van der Waals surface area (Å²) in [7, 11) is 0. The Labute approximate surface area is 112 Å². The summed E-state index contributed by atoms with van der Waals surface area (Å²) >= 11 is 1.64. The Kier molecular flexibility index (Phi) is 4.35. The Bertz CT molecular complexity index is 417. The van der Waals surface area contributed by atoms with E-state index in [1.807, 2.05) is 17.2 Å². The van der Waals surface area contributed by atoms with Gasteiger partial charge in [-0.15, -0.1) is 11.3 Å². The van der Waals surface area contributed by atoms with Crippen molar-refractivity contribution in [3.63, 3.8) is 0 Å². The van der Waals surface area contributed by atoms with Crippen molar-refractivity contribution in [2.45, 2.75) is 39.2 Å². The lowest BCUT2D eigenvalue weighted by atomic mass is 10.2. The van der Waals surface area contributed by atoms with Crippen LogP contribution in [0.5, 0.6) is 0 Å². The largest absolute Gasteiger partial charge is 0.377 e. The lowest BCUT2D eigenvalue weighted by molar-refractivity contribution is -0.138. The number of morpholine rings is 1. The molecule has 4 nitrogen and oxygen atoms in total. The van der Waals surface area contributed by atoms with E-state index in [0.717, 1.165) is 10.7 Å². The van der Waals surface area contributed by atoms with Crippen LogP contribution in [0, 0.1) is 0 Å². The molecule has 2 rings (SSSR count). The summed E-state index contributed by atoms with van der Waals surface area (Å²) in [4.78, 5) is 18.6. The average molecular weight is 268 g/mol. The highest BCUT2D eigenvalue weighted by atomic mass is 32.1. The highest BCUT2D eigenvalue weighted by molar-refractivity contribution is 7.09. The van der Waals surface area contributed by atoms with E-state index in [2.05, 4.69) is 18.8 Å². The van der Waals surface area contributed by atoms with Crippen molar-refractivity contribution in [3.8, 4) is 0 Å². The number of aromatic nitrogens is 1. The van der Waals surface area contributed by atoms with Crippen LogP contribution in [0.4, 0.5) is 0 Å². The van der Waals surface area contributed by atoms with Crippen LogP contribution in [0.2, 0.25) is 0 Å². The van der Waals surface area contributed by atoms with Gasteiger partial charge in [0.2, 0.25) is 5.91 Å². The lowest BCUT2D eigenvalue weighted by Gasteiger charge is -2.33. The van der Waals surface area contributed by atoms with E-state index in [1.54, 1.807) is 11.3 Å². The fourth-order valence-corrected chi connectivity index (χ4v) is 2.86. The molecule has 1 fully saturated rings. The Morgan fingerprint density at radius 1 is 1.67 bits per heavy atom. The van der Waals surface area contributed by atoms with Crippen molar-refractivity contribution >= 4 is 17.2 Å². The van der Waals surface area contributed by atoms with E-state index in [1.165, 1.54) is 0 Å². The molecular weight excluding hydrogens is 248 g/mol. The predicted molar refractivity (Wildman–Crippen MR) is 71.9 cm³/mol. The first-order valence-corrected chi connectivity index (χ1v) is 7.27. The minimum atomic E-state index is 0.159. The molecule has 1 amide bonds. The molecule has 1 aromatic rings. The van der Waals surface area contributed by atoms with E-state index in [-0.39, 0.29) is 11.9 Å². The molecule has 0 aromatic carbocycles. The molecule has 100 valence electrons. The summed E-state index contributed by atoms with van der Waals surface area (Å²) in [5, 5.41) is 3.10. The Balaban J connectivity index is 1.97. The van der Waals surface area contributed by atoms with Gasteiger partial charge in [0.05, 0.1) is 36.4 Å². The first-order valence-electron chi connectivity index (χ1n) is 6.39. The number of carbonyl (C=O) groups is 1. The first-order chi connectivity index (χ1) is 8.58. The Morgan fingerprint density at radius 3 is 3.06 bits per heavy atom. The molecule has 0 bridgehead atoms. The second kappa shape index (κ2) is 5.80. The number of carbonyl (C=O) groups excluding carboxylic acids is 1. The molecule has 5 heteroatoms. The van der Waals surface area contributed by atoms with Gasteiger partial charge in [-0.05, 0) is 6.92 Å². The van der Waals surface area contributed by atoms with Gasteiger partial charge in [0, 0.05) is 17.8 Å². The van der Waals surface area contributed by atoms with Gasteiger partial charge in [-0.2, -0.15) is 0 Å². The van der Waals surface area contributed by atoms with Gasteiger partial charge in [0.25, 0.3) is 0 Å². The first kappa shape index (κ1) is 13.5. The number of nitrogens with zero attached hydrogens (tertiary/aromatic N) is 2. The monoisotopic (exact) mass is 268 g/mol. The zero-order chi connectivity index (χ0) is 13.1. The number of rotatable bonds is 3. The minimum Gasteiger partial charge on any atom is -0.377 e. The third kappa shape index (κ3) is 3.09. The molecule has 1 unspecified atom stereocenters. The average Bonchev–Trinajstić information content (AvgIpc) is 2.78. The van der Waals surface area contributed by atoms with E-state index in [9.17, 15) is 4.79 Å². The van der Waals surface area contributed by atoms with Crippen LogP contribution in [0.15, 0.2) is 5.38 Å². The number of ether oxygens (including phenoxy) is 1. The molecule has 0 spiro atoms. The highest BCUT2D eigenvalue weighted by Gasteiger charge is 2.24. The molecule has 1 aliphatic heterocycles. The molecule has 0 saturated carbocycles. The van der Waals surface area contributed by atoms with E-state index >= 15 is 0 Å². The molecule has 1 aliphatic rings. The highest BCUT2D eigenvalue weighted by Crippen LogP contribution is 2.20. The molecule has 2 heterocycles. The van der Waals surface area contributed by atoms with Gasteiger partial charge < -0.3 is 9.64 Å². The Morgan fingerprint density at radius 2 is 2.44 bits per heavy atom. The SMILES string of the molecule is CC(C)c1nc(CC(=O)N2CCOCC2C)cs1. The van der Waals surface area contributed by atoms with Crippen LogP contribution >= 0.6 is 11.3 Å². The summed E-state index contributed by atoms with van der Waals surface area (Å²) in [6.07, 6.45) is 0.410. The number of hydrogen-bond donors (Lipinski definition) is 0. The molecule has 18 heavy (non-hydrogen) atoms. The summed E-state index contributed by atoms with van der Waals surface area (Å²) in [5.41, 5.74) is 0.896. The second-order valence-electron chi connectivity index (χ2n) is 5.02. The standard InChI is InChI=1S/C13H20N2O2S/c1-9(2)13-14-11(8-18-13)6-12(16)15-4-5-17-7-10(15)3/h8-10H,4-7H2,1-3H3. The van der Waals surface area contributed by atoms with Gasteiger partial charge in [-0.1, -0.05) is 13.8 Å². The zero-order valence-corrected chi connectivity index (χ0v) is 12.0. The molecule has 1 saturated heterocycles. The third-order valence-corrected chi connectivity index (χ3v) is 4.28. The van der Waals surface area contributed by atoms with Gasteiger partial charge in [0.15, 0.2) is 0 Å². The zero-order valence-electron chi connectivity index (χ0n) is 11.2. The normalized spacial score (nSPS) is 20.4. The fourth-order valence-electron chi connectivity index (χ4n) is 2.02. The van der Waals surface area contributed by atoms with Crippen molar-refractivity contribution in [2.24, 2.45) is 0 Å². The molecular formula is C13H20N2O2S. The maximum absolute atomic E-state index is 12.2. The predicted octanol–water partition coefficient (Wildman–Crippen LogP) is 2.06. The van der Waals surface area contributed by atoms with Gasteiger partial charge in [-0.3, -0.25) is 4.79 Å². The summed E-state index contributed by atoms with van der Waals surface area (Å²) < 4.78 is 5.34. The van der Waals surface area contributed by atoms with Crippen molar-refractivity contribution in [3.05, 3.63) is 16.1 Å². The van der Waals surface area contributed by atoms with Crippen molar-refractivity contribution in [2.75, 3.05) is 19.8 Å². The summed E-state index contributed by atoms with van der Waals surface area (Å²) in [6.45, 7) is 8.24. The van der Waals surface area contributed by atoms with Crippen LogP contribution in [0.25, 0.3) is 0 Å². The Hall–Kier alpha value is -0.940. The quantitative estimate of drug-likeness (QED) is 0.842. The molecule has 0 aliphatic carbocycles. The molecule has 1 aromatic heterocycles. The smallest absolute Gasteiger partial charge is 0.229 e. The molecule has 0 radical (unpaired) electrons. The van der Waals surface area contributed by atoms with Crippen LogP contribution in [0.3, 0.4) is 0 Å². The van der Waals surface area contributed by atoms with Crippen LogP contribution in [0.1, 0.15) is 37.4 Å². The van der Waals surface area contributed by atoms with E-state index in [4.69, 9.17) is 4.74 Å². The van der Waals surface area contributed by atoms with E-state index in [0.29, 0.717) is 32.1 Å². The maximum Gasteiger partial charge on any atom is 0.229 e. The van der Waals surface area contributed by atoms with Crippen molar-refractivity contribution in [1.82, 2.24) is 9.88 Å². The van der Waals surface area contributed by atoms with Gasteiger partial charge in [0.1, 0.15) is 0 Å². The van der Waals surface area contributed by atoms with Crippen LogP contribution in [-0.2, 0) is 16.0 Å². The van der Waals surface area contributed by atoms with Crippen molar-refractivity contribution in [1.29, 1.82) is 0 Å². The number of hydrogen-bond acceptors (Lipinski definition) is 4. The lowest BCUT2D eigenvalue weighted by Crippen LogP contribution is -2.47. The summed E-state index contributed by atoms with van der Waals surface area (Å²) in [5.74, 6) is 0.590. The van der Waals surface area contributed by atoms with Crippen LogP contribution < -0.4 is 0 Å². The third-order valence-electron chi connectivity index (χ3n) is 3.08. The van der Waals surface area contributed by atoms with E-state index < -0.39 is 0 Å². The number of thiazole rings is 1. The number of amides is 1.